The minimum absolute atomic E-state index is 0.124. The number of carboxylic acid groups (broad SMARTS) is 1. The number of aromatic nitrogens is 1. The van der Waals surface area contributed by atoms with Crippen molar-refractivity contribution in [3.05, 3.63) is 47.2 Å². The third-order valence-electron chi connectivity index (χ3n) is 2.65. The molecule has 0 saturated carbocycles. The predicted molar refractivity (Wildman–Crippen MR) is 72.7 cm³/mol. The van der Waals surface area contributed by atoms with Gasteiger partial charge in [-0.1, -0.05) is 23.7 Å². The Morgan fingerprint density at radius 3 is 2.45 bits per heavy atom. The second-order valence-electron chi connectivity index (χ2n) is 4.32. The van der Waals surface area contributed by atoms with Crippen molar-refractivity contribution in [3.63, 3.8) is 0 Å². The Bertz CT molecular complexity index is 687. The van der Waals surface area contributed by atoms with E-state index in [0.29, 0.717) is 16.7 Å². The Morgan fingerprint density at radius 2 is 1.91 bits per heavy atom. The van der Waals surface area contributed by atoms with Crippen molar-refractivity contribution in [2.24, 2.45) is 0 Å². The molecule has 0 aliphatic rings. The van der Waals surface area contributed by atoms with E-state index in [2.05, 4.69) is 9.72 Å². The number of aliphatic carboxylic acids is 1. The molecule has 0 saturated heterocycles. The van der Waals surface area contributed by atoms with Crippen molar-refractivity contribution >= 4 is 17.6 Å². The number of carbonyl (C=O) groups is 1. The number of hydrogen-bond donors (Lipinski definition) is 1. The van der Waals surface area contributed by atoms with Crippen molar-refractivity contribution < 1.29 is 27.8 Å². The first kappa shape index (κ1) is 16.1. The summed E-state index contributed by atoms with van der Waals surface area (Å²) in [6.45, 7) is 0. The van der Waals surface area contributed by atoms with Crippen LogP contribution in [-0.4, -0.2) is 22.4 Å². The Labute approximate surface area is 128 Å². The number of rotatable bonds is 4. The fourth-order valence-corrected chi connectivity index (χ4v) is 2.01. The molecule has 2 aromatic rings. The molecule has 1 N–H and O–H groups in total. The molecule has 0 atom stereocenters. The minimum atomic E-state index is -4.76. The SMILES string of the molecule is O=C(O)Cc1cnc(Cl)c(-c2ccc(OC(F)(F)F)cc2)c1. The van der Waals surface area contributed by atoms with Crippen molar-refractivity contribution in [1.29, 1.82) is 0 Å². The highest BCUT2D eigenvalue weighted by atomic mass is 35.5. The van der Waals surface area contributed by atoms with E-state index in [1.165, 1.54) is 24.4 Å². The Balaban J connectivity index is 2.29. The molecule has 4 nitrogen and oxygen atoms in total. The van der Waals surface area contributed by atoms with Crippen LogP contribution in [0.5, 0.6) is 5.75 Å². The lowest BCUT2D eigenvalue weighted by Crippen LogP contribution is -2.16. The van der Waals surface area contributed by atoms with Crippen molar-refractivity contribution in [2.45, 2.75) is 12.8 Å². The molecule has 0 radical (unpaired) electrons. The molecule has 8 heteroatoms. The lowest BCUT2D eigenvalue weighted by atomic mass is 10.0. The van der Waals surface area contributed by atoms with Crippen LogP contribution in [0.15, 0.2) is 36.5 Å². The molecule has 0 aliphatic heterocycles. The van der Waals surface area contributed by atoms with E-state index < -0.39 is 12.3 Å². The second-order valence-corrected chi connectivity index (χ2v) is 4.68. The van der Waals surface area contributed by atoms with Gasteiger partial charge in [0.1, 0.15) is 10.9 Å². The van der Waals surface area contributed by atoms with Gasteiger partial charge in [-0.05, 0) is 29.3 Å². The smallest absolute Gasteiger partial charge is 0.481 e. The van der Waals surface area contributed by atoms with Crippen LogP contribution in [0.2, 0.25) is 5.15 Å². The van der Waals surface area contributed by atoms with Gasteiger partial charge in [-0.3, -0.25) is 4.79 Å². The van der Waals surface area contributed by atoms with E-state index in [1.807, 2.05) is 0 Å². The summed E-state index contributed by atoms with van der Waals surface area (Å²) in [6.07, 6.45) is -3.66. The van der Waals surface area contributed by atoms with Gasteiger partial charge in [-0.2, -0.15) is 0 Å². The van der Waals surface area contributed by atoms with Gasteiger partial charge in [0.15, 0.2) is 0 Å². The van der Waals surface area contributed by atoms with Gasteiger partial charge in [0.05, 0.1) is 6.42 Å². The number of hydrogen-bond acceptors (Lipinski definition) is 3. The molecule has 116 valence electrons. The fourth-order valence-electron chi connectivity index (χ4n) is 1.80. The zero-order valence-corrected chi connectivity index (χ0v) is 11.6. The maximum Gasteiger partial charge on any atom is 0.573 e. The average Bonchev–Trinajstić information content (AvgIpc) is 2.40. The number of benzene rings is 1. The molecule has 0 unspecified atom stereocenters. The zero-order chi connectivity index (χ0) is 16.3. The molecule has 1 aromatic carbocycles. The second kappa shape index (κ2) is 6.23. The van der Waals surface area contributed by atoms with E-state index in [1.54, 1.807) is 0 Å². The first-order valence-electron chi connectivity index (χ1n) is 5.97. The van der Waals surface area contributed by atoms with Crippen LogP contribution in [0.3, 0.4) is 0 Å². The largest absolute Gasteiger partial charge is 0.573 e. The predicted octanol–water partition coefficient (Wildman–Crippen LogP) is 3.93. The number of nitrogens with zero attached hydrogens (tertiary/aromatic N) is 1. The maximum atomic E-state index is 12.1. The summed E-state index contributed by atoms with van der Waals surface area (Å²) >= 11 is 5.94. The fraction of sp³-hybridized carbons (Fsp3) is 0.143. The van der Waals surface area contributed by atoms with Gasteiger partial charge in [0, 0.05) is 11.8 Å². The van der Waals surface area contributed by atoms with Crippen LogP contribution in [0.4, 0.5) is 13.2 Å². The summed E-state index contributed by atoms with van der Waals surface area (Å²) in [6, 6.07) is 6.58. The molecule has 0 bridgehead atoms. The van der Waals surface area contributed by atoms with Gasteiger partial charge < -0.3 is 9.84 Å². The molecule has 22 heavy (non-hydrogen) atoms. The Hall–Kier alpha value is -2.28. The summed E-state index contributed by atoms with van der Waals surface area (Å²) in [5.41, 5.74) is 1.36. The van der Waals surface area contributed by atoms with Gasteiger partial charge in [-0.25, -0.2) is 4.98 Å². The first-order valence-corrected chi connectivity index (χ1v) is 6.35. The summed E-state index contributed by atoms with van der Waals surface area (Å²) in [4.78, 5) is 14.6. The normalized spacial score (nSPS) is 11.3. The van der Waals surface area contributed by atoms with E-state index in [-0.39, 0.29) is 17.3 Å². The first-order chi connectivity index (χ1) is 10.2. The van der Waals surface area contributed by atoms with E-state index in [4.69, 9.17) is 16.7 Å². The lowest BCUT2D eigenvalue weighted by molar-refractivity contribution is -0.274. The molecule has 1 heterocycles. The molecule has 0 spiro atoms. The van der Waals surface area contributed by atoms with E-state index in [0.717, 1.165) is 12.1 Å². The monoisotopic (exact) mass is 331 g/mol. The molecule has 2 rings (SSSR count). The number of ether oxygens (including phenoxy) is 1. The number of halogens is 4. The van der Waals surface area contributed by atoms with Crippen LogP contribution >= 0.6 is 11.6 Å². The van der Waals surface area contributed by atoms with Crippen LogP contribution in [0.25, 0.3) is 11.1 Å². The summed E-state index contributed by atoms with van der Waals surface area (Å²) < 4.78 is 40.1. The molecular formula is C14H9ClF3NO3. The standard InChI is InChI=1S/C14H9ClF3NO3/c15-13-11(5-8(7-19-13)6-12(20)21)9-1-3-10(4-2-9)22-14(16,17)18/h1-5,7H,6H2,(H,20,21). The highest BCUT2D eigenvalue weighted by Gasteiger charge is 2.31. The number of pyridine rings is 1. The topological polar surface area (TPSA) is 59.4 Å². The van der Waals surface area contributed by atoms with Gasteiger partial charge in [-0.15, -0.1) is 13.2 Å². The Kier molecular flexibility index (Phi) is 4.56. The zero-order valence-electron chi connectivity index (χ0n) is 10.9. The summed E-state index contributed by atoms with van der Waals surface area (Å²) in [7, 11) is 0. The summed E-state index contributed by atoms with van der Waals surface area (Å²) in [5, 5.41) is 8.88. The number of alkyl halides is 3. The molecule has 1 aromatic heterocycles. The van der Waals surface area contributed by atoms with Crippen molar-refractivity contribution in [2.75, 3.05) is 0 Å². The van der Waals surface area contributed by atoms with Crippen molar-refractivity contribution in [3.8, 4) is 16.9 Å². The third-order valence-corrected chi connectivity index (χ3v) is 2.95. The molecule has 0 aliphatic carbocycles. The average molecular weight is 332 g/mol. The van der Waals surface area contributed by atoms with E-state index >= 15 is 0 Å². The lowest BCUT2D eigenvalue weighted by Gasteiger charge is -2.10. The van der Waals surface area contributed by atoms with Gasteiger partial charge in [0.2, 0.25) is 0 Å². The van der Waals surface area contributed by atoms with Gasteiger partial charge >= 0.3 is 12.3 Å². The number of carboxylic acids is 1. The van der Waals surface area contributed by atoms with Crippen LogP contribution < -0.4 is 4.74 Å². The Morgan fingerprint density at radius 1 is 1.27 bits per heavy atom. The van der Waals surface area contributed by atoms with Crippen LogP contribution in [0, 0.1) is 0 Å². The molecular weight excluding hydrogens is 323 g/mol. The highest BCUT2D eigenvalue weighted by molar-refractivity contribution is 6.32. The minimum Gasteiger partial charge on any atom is -0.481 e. The maximum absolute atomic E-state index is 12.1. The summed E-state index contributed by atoms with van der Waals surface area (Å²) in [5.74, 6) is -1.38. The van der Waals surface area contributed by atoms with Crippen LogP contribution in [-0.2, 0) is 11.2 Å². The van der Waals surface area contributed by atoms with E-state index in [9.17, 15) is 18.0 Å². The molecule has 0 fully saturated rings. The van der Waals surface area contributed by atoms with Gasteiger partial charge in [0.25, 0.3) is 0 Å². The van der Waals surface area contributed by atoms with Crippen LogP contribution in [0.1, 0.15) is 5.56 Å². The molecule has 0 amide bonds. The quantitative estimate of drug-likeness (QED) is 0.862. The van der Waals surface area contributed by atoms with Crippen molar-refractivity contribution in [1.82, 2.24) is 4.98 Å². The highest BCUT2D eigenvalue weighted by Crippen LogP contribution is 2.30. The third kappa shape index (κ3) is 4.36.